The number of nitrogens with zero attached hydrogens (tertiary/aromatic N) is 2. The maximum absolute atomic E-state index is 12.8. The summed E-state index contributed by atoms with van der Waals surface area (Å²) in [7, 11) is -4.37. The van der Waals surface area contributed by atoms with Crippen LogP contribution in [0.4, 0.5) is 17.6 Å². The molecule has 0 unspecified atom stereocenters. The van der Waals surface area contributed by atoms with E-state index < -0.39 is 28.9 Å². The second-order valence-electron chi connectivity index (χ2n) is 4.40. The molecule has 0 radical (unpaired) electrons. The van der Waals surface area contributed by atoms with Crippen LogP contribution in [0.2, 0.25) is 0 Å². The van der Waals surface area contributed by atoms with Crippen LogP contribution in [0.15, 0.2) is 4.90 Å². The summed E-state index contributed by atoms with van der Waals surface area (Å²) in [6, 6.07) is 0. The second kappa shape index (κ2) is 6.28. The van der Waals surface area contributed by atoms with Gasteiger partial charge < -0.3 is 5.73 Å². The number of aryl methyl sites for hydroxylation is 1. The van der Waals surface area contributed by atoms with Crippen molar-refractivity contribution in [3.8, 4) is 0 Å². The third-order valence-corrected chi connectivity index (χ3v) is 4.39. The van der Waals surface area contributed by atoms with Crippen LogP contribution in [-0.2, 0) is 16.6 Å². The molecule has 21 heavy (non-hydrogen) atoms. The van der Waals surface area contributed by atoms with Gasteiger partial charge in [-0.2, -0.15) is 13.9 Å². The number of hydrogen-bond acceptors (Lipinski definition) is 4. The van der Waals surface area contributed by atoms with Gasteiger partial charge in [-0.25, -0.2) is 21.9 Å². The van der Waals surface area contributed by atoms with Crippen molar-refractivity contribution in [1.29, 1.82) is 0 Å². The average molecular weight is 332 g/mol. The smallest absolute Gasteiger partial charge is 0.320 e. The lowest BCUT2D eigenvalue weighted by Gasteiger charge is -2.16. The molecular formula is C10H16F4N4O2S. The molecule has 0 bridgehead atoms. The average Bonchev–Trinajstić information content (AvgIpc) is 2.63. The summed E-state index contributed by atoms with van der Waals surface area (Å²) in [6.07, 6.45) is -3.96. The van der Waals surface area contributed by atoms with E-state index in [2.05, 4.69) is 5.10 Å². The predicted molar refractivity (Wildman–Crippen MR) is 66.9 cm³/mol. The first kappa shape index (κ1) is 17.9. The first-order valence-corrected chi connectivity index (χ1v) is 7.41. The van der Waals surface area contributed by atoms with Crippen LogP contribution < -0.4 is 10.5 Å². The summed E-state index contributed by atoms with van der Waals surface area (Å²) in [5.74, 6) is -4.44. The molecule has 1 aromatic rings. The van der Waals surface area contributed by atoms with Crippen molar-refractivity contribution in [2.24, 2.45) is 5.73 Å². The summed E-state index contributed by atoms with van der Waals surface area (Å²) >= 11 is 0. The predicted octanol–water partition coefficient (Wildman–Crippen LogP) is 0.637. The third kappa shape index (κ3) is 3.92. The van der Waals surface area contributed by atoms with Crippen LogP contribution in [-0.4, -0.2) is 43.6 Å². The highest BCUT2D eigenvalue weighted by Crippen LogP contribution is 2.24. The van der Waals surface area contributed by atoms with Gasteiger partial charge in [0.15, 0.2) is 0 Å². The van der Waals surface area contributed by atoms with Gasteiger partial charge in [-0.1, -0.05) is 0 Å². The minimum atomic E-state index is -4.44. The summed E-state index contributed by atoms with van der Waals surface area (Å²) in [6.45, 7) is 1.57. The number of alkyl halides is 4. The summed E-state index contributed by atoms with van der Waals surface area (Å²) in [4.78, 5) is -0.305. The Hall–Kier alpha value is -1.20. The maximum Gasteiger partial charge on any atom is 0.320 e. The molecule has 0 aliphatic heterocycles. The molecule has 1 heterocycles. The lowest BCUT2D eigenvalue weighted by molar-refractivity contribution is -0.122. The van der Waals surface area contributed by atoms with Gasteiger partial charge in [0.05, 0.1) is 24.5 Å². The van der Waals surface area contributed by atoms with Crippen LogP contribution in [0, 0.1) is 13.8 Å². The van der Waals surface area contributed by atoms with Crippen LogP contribution in [0.3, 0.4) is 0 Å². The van der Waals surface area contributed by atoms with Crippen LogP contribution in [0.5, 0.6) is 0 Å². The zero-order chi connectivity index (χ0) is 16.4. The minimum Gasteiger partial charge on any atom is -0.329 e. The van der Waals surface area contributed by atoms with Crippen LogP contribution in [0.1, 0.15) is 11.4 Å². The fourth-order valence-electron chi connectivity index (χ4n) is 1.75. The molecule has 122 valence electrons. The van der Waals surface area contributed by atoms with Gasteiger partial charge in [0.25, 0.3) is 0 Å². The van der Waals surface area contributed by atoms with Crippen molar-refractivity contribution in [3.63, 3.8) is 0 Å². The second-order valence-corrected chi connectivity index (χ2v) is 6.10. The Morgan fingerprint density at radius 3 is 2.43 bits per heavy atom. The fourth-order valence-corrected chi connectivity index (χ4v) is 3.20. The van der Waals surface area contributed by atoms with Gasteiger partial charge in [0.2, 0.25) is 10.0 Å². The Morgan fingerprint density at radius 1 is 1.38 bits per heavy atom. The number of nitrogens with one attached hydrogen (secondary N) is 1. The van der Waals surface area contributed by atoms with Crippen molar-refractivity contribution >= 4 is 10.0 Å². The number of rotatable bonds is 7. The monoisotopic (exact) mass is 332 g/mol. The van der Waals surface area contributed by atoms with E-state index in [0.717, 1.165) is 0 Å². The van der Waals surface area contributed by atoms with Crippen molar-refractivity contribution in [2.45, 2.75) is 37.6 Å². The first-order chi connectivity index (χ1) is 9.53. The molecule has 6 nitrogen and oxygen atoms in total. The van der Waals surface area contributed by atoms with Crippen molar-refractivity contribution in [2.75, 3.05) is 13.1 Å². The number of halogens is 4. The molecule has 11 heteroatoms. The molecule has 0 spiro atoms. The minimum absolute atomic E-state index is 0.0776. The zero-order valence-electron chi connectivity index (χ0n) is 11.4. The van der Waals surface area contributed by atoms with E-state index in [1.165, 1.54) is 23.3 Å². The molecule has 0 saturated heterocycles. The van der Waals surface area contributed by atoms with E-state index in [-0.39, 0.29) is 29.4 Å². The molecule has 3 N–H and O–H groups in total. The van der Waals surface area contributed by atoms with Crippen LogP contribution in [0.25, 0.3) is 0 Å². The number of aromatic nitrogens is 2. The van der Waals surface area contributed by atoms with Crippen LogP contribution >= 0.6 is 0 Å². The van der Waals surface area contributed by atoms with Gasteiger partial charge in [-0.3, -0.25) is 4.68 Å². The van der Waals surface area contributed by atoms with E-state index in [1.54, 1.807) is 0 Å². The highest BCUT2D eigenvalue weighted by Gasteiger charge is 2.42. The molecule has 1 rings (SSSR count). The molecule has 0 atom stereocenters. The topological polar surface area (TPSA) is 90.0 Å². The normalized spacial score (nSPS) is 13.1. The Kier molecular flexibility index (Phi) is 5.34. The van der Waals surface area contributed by atoms with E-state index in [4.69, 9.17) is 5.73 Å². The quantitative estimate of drug-likeness (QED) is 0.717. The Bertz CT molecular complexity index is 600. The van der Waals surface area contributed by atoms with Crippen molar-refractivity contribution in [3.05, 3.63) is 11.4 Å². The molecule has 0 aliphatic rings. The molecule has 0 saturated carbocycles. The standard InChI is InChI=1S/C10H16F4N4O2S/c1-6-8(7(2)18(17-6)4-3-15)21(19,20)16-5-10(13,14)9(11)12/h9,16H,3-5,15H2,1-2H3. The Balaban J connectivity index is 3.04. The summed E-state index contributed by atoms with van der Waals surface area (Å²) in [5, 5.41) is 3.93. The summed E-state index contributed by atoms with van der Waals surface area (Å²) in [5.41, 5.74) is 5.62. The van der Waals surface area contributed by atoms with E-state index in [0.29, 0.717) is 0 Å². The molecule has 0 amide bonds. The highest BCUT2D eigenvalue weighted by atomic mass is 32.2. The van der Waals surface area contributed by atoms with Crippen molar-refractivity contribution in [1.82, 2.24) is 14.5 Å². The number of sulfonamides is 1. The van der Waals surface area contributed by atoms with Gasteiger partial charge in [0.1, 0.15) is 4.90 Å². The van der Waals surface area contributed by atoms with E-state index in [9.17, 15) is 26.0 Å². The van der Waals surface area contributed by atoms with Crippen molar-refractivity contribution < 1.29 is 26.0 Å². The maximum atomic E-state index is 12.8. The number of hydrogen-bond donors (Lipinski definition) is 2. The number of nitrogens with two attached hydrogens (primary N) is 1. The largest absolute Gasteiger partial charge is 0.329 e. The zero-order valence-corrected chi connectivity index (χ0v) is 12.2. The SMILES string of the molecule is Cc1nn(CCN)c(C)c1S(=O)(=O)NCC(F)(F)C(F)F. The molecule has 0 aromatic carbocycles. The van der Waals surface area contributed by atoms with Gasteiger partial charge in [0, 0.05) is 6.54 Å². The van der Waals surface area contributed by atoms with Gasteiger partial charge >= 0.3 is 12.3 Å². The lowest BCUT2D eigenvalue weighted by atomic mass is 10.4. The molecule has 0 fully saturated rings. The molecule has 0 aliphatic carbocycles. The van der Waals surface area contributed by atoms with E-state index in [1.807, 2.05) is 0 Å². The Morgan fingerprint density at radius 2 is 1.95 bits per heavy atom. The van der Waals surface area contributed by atoms with E-state index >= 15 is 0 Å². The lowest BCUT2D eigenvalue weighted by Crippen LogP contribution is -2.41. The van der Waals surface area contributed by atoms with Gasteiger partial charge in [-0.05, 0) is 13.8 Å². The highest BCUT2D eigenvalue weighted by molar-refractivity contribution is 7.89. The molecular weight excluding hydrogens is 316 g/mol. The third-order valence-electron chi connectivity index (χ3n) is 2.74. The Labute approximate surface area is 119 Å². The first-order valence-electron chi connectivity index (χ1n) is 5.92. The van der Waals surface area contributed by atoms with Gasteiger partial charge in [-0.15, -0.1) is 0 Å². The fraction of sp³-hybridized carbons (Fsp3) is 0.700. The molecule has 1 aromatic heterocycles. The summed E-state index contributed by atoms with van der Waals surface area (Å²) < 4.78 is 76.5.